The van der Waals surface area contributed by atoms with Gasteiger partial charge in [-0.3, -0.25) is 0 Å². The van der Waals surface area contributed by atoms with Crippen LogP contribution in [-0.2, 0) is 19.6 Å². The Labute approximate surface area is 160 Å². The van der Waals surface area contributed by atoms with Crippen molar-refractivity contribution in [1.29, 1.82) is 0 Å². The third-order valence-electron chi connectivity index (χ3n) is 4.66. The lowest BCUT2D eigenvalue weighted by molar-refractivity contribution is -0.192. The topological polar surface area (TPSA) is 109 Å². The van der Waals surface area contributed by atoms with Crippen molar-refractivity contribution in [1.82, 2.24) is 9.29 Å². The van der Waals surface area contributed by atoms with Crippen LogP contribution in [0.25, 0.3) is 0 Å². The van der Waals surface area contributed by atoms with Crippen molar-refractivity contribution in [2.45, 2.75) is 24.6 Å². The molecule has 158 valence electrons. The summed E-state index contributed by atoms with van der Waals surface area (Å²) in [6.45, 7) is 2.55. The van der Waals surface area contributed by atoms with E-state index in [1.54, 1.807) is 6.20 Å². The van der Waals surface area contributed by atoms with Gasteiger partial charge in [-0.1, -0.05) is 6.07 Å². The van der Waals surface area contributed by atoms with E-state index in [4.69, 9.17) is 14.6 Å². The summed E-state index contributed by atoms with van der Waals surface area (Å²) >= 11 is 0. The molecule has 1 spiro atoms. The fourth-order valence-corrected chi connectivity index (χ4v) is 4.08. The second kappa shape index (κ2) is 8.62. The number of carbonyl (C=O) groups is 1. The largest absolute Gasteiger partial charge is 0.490 e. The Bertz CT molecular complexity index is 767. The number of alkyl halides is 3. The fourth-order valence-electron chi connectivity index (χ4n) is 3.17. The number of nitrogens with one attached hydrogen (secondary N) is 1. The van der Waals surface area contributed by atoms with Crippen LogP contribution in [0.5, 0.6) is 0 Å². The molecule has 0 radical (unpaired) electrons. The molecule has 2 saturated heterocycles. The molecular weight excluding hydrogens is 403 g/mol. The SMILES string of the molecule is CS(=O)(=O)N1CC2(C1)OCCC2CCNc1ccccn1.O=C(O)C(F)(F)F. The second-order valence-electron chi connectivity index (χ2n) is 6.66. The molecule has 8 nitrogen and oxygen atoms in total. The Balaban J connectivity index is 0.000000345. The maximum Gasteiger partial charge on any atom is 0.490 e. The summed E-state index contributed by atoms with van der Waals surface area (Å²) in [5.74, 6) is -1.48. The highest BCUT2D eigenvalue weighted by Gasteiger charge is 2.55. The van der Waals surface area contributed by atoms with Crippen LogP contribution in [0.3, 0.4) is 0 Å². The van der Waals surface area contributed by atoms with Crippen LogP contribution in [0.15, 0.2) is 24.4 Å². The van der Waals surface area contributed by atoms with Gasteiger partial charge in [-0.15, -0.1) is 0 Å². The van der Waals surface area contributed by atoms with E-state index in [0.29, 0.717) is 19.0 Å². The van der Waals surface area contributed by atoms with Crippen molar-refractivity contribution in [3.05, 3.63) is 24.4 Å². The molecule has 0 aliphatic carbocycles. The monoisotopic (exact) mass is 425 g/mol. The Kier molecular flexibility index (Phi) is 6.88. The van der Waals surface area contributed by atoms with Gasteiger partial charge in [0.15, 0.2) is 0 Å². The predicted octanol–water partition coefficient (Wildman–Crippen LogP) is 1.57. The minimum absolute atomic E-state index is 0.255. The molecule has 1 aromatic rings. The van der Waals surface area contributed by atoms with Crippen molar-refractivity contribution in [2.24, 2.45) is 5.92 Å². The molecule has 1 unspecified atom stereocenters. The molecule has 2 aliphatic heterocycles. The summed E-state index contributed by atoms with van der Waals surface area (Å²) in [5.41, 5.74) is -0.255. The predicted molar refractivity (Wildman–Crippen MR) is 94.2 cm³/mol. The average Bonchev–Trinajstić information content (AvgIpc) is 2.97. The van der Waals surface area contributed by atoms with E-state index in [1.165, 1.54) is 10.6 Å². The number of hydrogen-bond donors (Lipinski definition) is 2. The minimum atomic E-state index is -5.08. The summed E-state index contributed by atoms with van der Waals surface area (Å²) in [7, 11) is -3.09. The van der Waals surface area contributed by atoms with Crippen molar-refractivity contribution in [3.8, 4) is 0 Å². The molecule has 0 amide bonds. The van der Waals surface area contributed by atoms with Gasteiger partial charge < -0.3 is 15.2 Å². The van der Waals surface area contributed by atoms with Crippen LogP contribution < -0.4 is 5.32 Å². The summed E-state index contributed by atoms with van der Waals surface area (Å²) in [6, 6.07) is 5.78. The molecule has 0 aromatic carbocycles. The number of aromatic nitrogens is 1. The smallest absolute Gasteiger partial charge is 0.475 e. The highest BCUT2D eigenvalue weighted by molar-refractivity contribution is 7.88. The maximum absolute atomic E-state index is 11.5. The van der Waals surface area contributed by atoms with Crippen molar-refractivity contribution in [3.63, 3.8) is 0 Å². The lowest BCUT2D eigenvalue weighted by Gasteiger charge is -2.48. The number of hydrogen-bond acceptors (Lipinski definition) is 6. The number of sulfonamides is 1. The first-order valence-electron chi connectivity index (χ1n) is 8.48. The summed E-state index contributed by atoms with van der Waals surface area (Å²) in [6.07, 6.45) is -0.0967. The number of carboxylic acids is 1. The fraction of sp³-hybridized carbons (Fsp3) is 0.625. The lowest BCUT2D eigenvalue weighted by atomic mass is 9.80. The first kappa shape index (κ1) is 22.4. The summed E-state index contributed by atoms with van der Waals surface area (Å²) in [4.78, 5) is 13.1. The zero-order valence-corrected chi connectivity index (χ0v) is 16.0. The van der Waals surface area contributed by atoms with Gasteiger partial charge in [-0.25, -0.2) is 18.2 Å². The highest BCUT2D eigenvalue weighted by atomic mass is 32.2. The minimum Gasteiger partial charge on any atom is -0.475 e. The van der Waals surface area contributed by atoms with Crippen LogP contribution in [0, 0.1) is 5.92 Å². The van der Waals surface area contributed by atoms with E-state index >= 15 is 0 Å². The molecule has 12 heteroatoms. The zero-order chi connectivity index (χ0) is 21.0. The standard InChI is InChI=1S/C14H21N3O3S.C2HF3O2/c1-21(18,19)17-10-14(11-17)12(6-9-20-14)5-8-16-13-4-2-3-7-15-13;3-2(4,5)1(6)7/h2-4,7,12H,5-6,8-11H2,1H3,(H,15,16);(H,6,7). The summed E-state index contributed by atoms with van der Waals surface area (Å²) < 4.78 is 62.1. The molecule has 3 heterocycles. The van der Waals surface area contributed by atoms with Gasteiger partial charge in [0.1, 0.15) is 5.82 Å². The molecule has 2 fully saturated rings. The maximum atomic E-state index is 11.5. The molecular formula is C16H22F3N3O5S. The molecule has 1 aromatic heterocycles. The summed E-state index contributed by atoms with van der Waals surface area (Å²) in [5, 5.41) is 10.4. The number of pyridine rings is 1. The molecule has 0 bridgehead atoms. The number of carboxylic acid groups (broad SMARTS) is 1. The van der Waals surface area contributed by atoms with Crippen molar-refractivity contribution < 1.29 is 36.2 Å². The number of nitrogens with zero attached hydrogens (tertiary/aromatic N) is 2. The molecule has 28 heavy (non-hydrogen) atoms. The van der Waals surface area contributed by atoms with Crippen molar-refractivity contribution >= 4 is 21.8 Å². The van der Waals surface area contributed by atoms with Gasteiger partial charge >= 0.3 is 12.1 Å². The Morgan fingerprint density at radius 3 is 2.57 bits per heavy atom. The first-order valence-corrected chi connectivity index (χ1v) is 10.3. The quantitative estimate of drug-likeness (QED) is 0.737. The Morgan fingerprint density at radius 1 is 1.43 bits per heavy atom. The van der Waals surface area contributed by atoms with E-state index in [2.05, 4.69) is 10.3 Å². The van der Waals surface area contributed by atoms with E-state index in [0.717, 1.165) is 31.8 Å². The molecule has 3 rings (SSSR count). The molecule has 0 saturated carbocycles. The van der Waals surface area contributed by atoms with E-state index in [9.17, 15) is 21.6 Å². The van der Waals surface area contributed by atoms with Gasteiger partial charge in [0.2, 0.25) is 10.0 Å². The van der Waals surface area contributed by atoms with E-state index in [-0.39, 0.29) is 5.60 Å². The third kappa shape index (κ3) is 5.79. The van der Waals surface area contributed by atoms with Gasteiger partial charge in [0, 0.05) is 32.4 Å². The number of rotatable bonds is 5. The first-order chi connectivity index (χ1) is 12.9. The third-order valence-corrected chi connectivity index (χ3v) is 5.86. The average molecular weight is 425 g/mol. The number of aliphatic carboxylic acids is 1. The van der Waals surface area contributed by atoms with E-state index in [1.807, 2.05) is 18.2 Å². The number of halogens is 3. The molecule has 1 atom stereocenters. The van der Waals surface area contributed by atoms with Crippen LogP contribution in [0.1, 0.15) is 12.8 Å². The van der Waals surface area contributed by atoms with Gasteiger partial charge in [0.05, 0.1) is 11.9 Å². The second-order valence-corrected chi connectivity index (χ2v) is 8.65. The molecule has 2 aliphatic rings. The van der Waals surface area contributed by atoms with Gasteiger partial charge in [-0.05, 0) is 30.9 Å². The van der Waals surface area contributed by atoms with Gasteiger partial charge in [-0.2, -0.15) is 17.5 Å². The zero-order valence-electron chi connectivity index (χ0n) is 15.1. The van der Waals surface area contributed by atoms with Crippen LogP contribution in [-0.4, -0.2) is 73.1 Å². The van der Waals surface area contributed by atoms with Gasteiger partial charge in [0.25, 0.3) is 0 Å². The Hall–Kier alpha value is -1.92. The highest BCUT2D eigenvalue weighted by Crippen LogP contribution is 2.42. The Morgan fingerprint density at radius 2 is 2.07 bits per heavy atom. The molecule has 2 N–H and O–H groups in total. The van der Waals surface area contributed by atoms with Crippen LogP contribution in [0.4, 0.5) is 19.0 Å². The van der Waals surface area contributed by atoms with Crippen LogP contribution in [0.2, 0.25) is 0 Å². The number of ether oxygens (including phenoxy) is 1. The van der Waals surface area contributed by atoms with Crippen molar-refractivity contribution in [2.75, 3.05) is 37.8 Å². The van der Waals surface area contributed by atoms with Crippen LogP contribution >= 0.6 is 0 Å². The normalized spacial score (nSPS) is 21.5. The number of anilines is 1. The van der Waals surface area contributed by atoms with E-state index < -0.39 is 22.2 Å². The lowest BCUT2D eigenvalue weighted by Crippen LogP contribution is -2.65.